The molecular formula is C21H23FN2O. The van der Waals surface area contributed by atoms with Crippen molar-refractivity contribution in [3.63, 3.8) is 0 Å². The molecule has 0 saturated carbocycles. The lowest BCUT2D eigenvalue weighted by molar-refractivity contribution is -0.121. The second-order valence-corrected chi connectivity index (χ2v) is 6.23. The van der Waals surface area contributed by atoms with Crippen LogP contribution in [0.4, 0.5) is 4.39 Å². The third kappa shape index (κ3) is 4.08. The topological polar surface area (TPSA) is 44.9 Å². The molecule has 3 rings (SSSR count). The molecule has 0 atom stereocenters. The maximum Gasteiger partial charge on any atom is 0.220 e. The van der Waals surface area contributed by atoms with Crippen LogP contribution in [-0.4, -0.2) is 17.4 Å². The van der Waals surface area contributed by atoms with E-state index in [2.05, 4.69) is 23.3 Å². The number of H-pyrrole nitrogens is 1. The second kappa shape index (κ2) is 7.97. The predicted octanol–water partition coefficient (Wildman–Crippen LogP) is 4.82. The molecule has 0 aliphatic rings. The summed E-state index contributed by atoms with van der Waals surface area (Å²) in [5.41, 5.74) is 4.03. The van der Waals surface area contributed by atoms with Crippen molar-refractivity contribution >= 4 is 16.8 Å². The lowest BCUT2D eigenvalue weighted by atomic mass is 10.0. The molecule has 2 aromatic carbocycles. The number of para-hydroxylation sites is 1. The van der Waals surface area contributed by atoms with E-state index in [4.69, 9.17) is 0 Å². The number of carbonyl (C=O) groups excluding carboxylic acids is 1. The van der Waals surface area contributed by atoms with Crippen molar-refractivity contribution in [3.8, 4) is 11.3 Å². The lowest BCUT2D eigenvalue weighted by Gasteiger charge is -2.07. The highest BCUT2D eigenvalue weighted by Gasteiger charge is 2.14. The quantitative estimate of drug-likeness (QED) is 0.596. The summed E-state index contributed by atoms with van der Waals surface area (Å²) in [4.78, 5) is 15.5. The first kappa shape index (κ1) is 17.2. The minimum Gasteiger partial charge on any atom is -0.356 e. The molecule has 0 bridgehead atoms. The molecule has 1 amide bonds. The van der Waals surface area contributed by atoms with E-state index < -0.39 is 0 Å². The molecule has 3 aromatic rings. The molecule has 130 valence electrons. The van der Waals surface area contributed by atoms with E-state index in [1.807, 2.05) is 18.2 Å². The summed E-state index contributed by atoms with van der Waals surface area (Å²) >= 11 is 0. The standard InChI is InChI=1S/C21H23FN2O/c1-2-3-14-23-20(25)13-12-18-17-6-4-5-7-19(17)24-21(18)15-8-10-16(22)11-9-15/h4-11,24H,2-3,12-14H2,1H3,(H,23,25). The molecule has 0 spiro atoms. The monoisotopic (exact) mass is 338 g/mol. The number of nitrogens with one attached hydrogen (secondary N) is 2. The number of amides is 1. The maximum atomic E-state index is 13.2. The van der Waals surface area contributed by atoms with E-state index in [9.17, 15) is 9.18 Å². The minimum absolute atomic E-state index is 0.0730. The molecule has 1 aromatic heterocycles. The van der Waals surface area contributed by atoms with Gasteiger partial charge in [0.1, 0.15) is 5.82 Å². The Balaban J connectivity index is 1.86. The molecule has 25 heavy (non-hydrogen) atoms. The van der Waals surface area contributed by atoms with Gasteiger partial charge >= 0.3 is 0 Å². The molecule has 4 heteroatoms. The zero-order valence-electron chi connectivity index (χ0n) is 14.4. The van der Waals surface area contributed by atoms with Crippen molar-refractivity contribution in [1.82, 2.24) is 10.3 Å². The van der Waals surface area contributed by atoms with Gasteiger partial charge in [0.15, 0.2) is 0 Å². The van der Waals surface area contributed by atoms with Gasteiger partial charge in [-0.1, -0.05) is 31.5 Å². The summed E-state index contributed by atoms with van der Waals surface area (Å²) in [5, 5.41) is 4.08. The van der Waals surface area contributed by atoms with Crippen LogP contribution in [0.1, 0.15) is 31.7 Å². The van der Waals surface area contributed by atoms with Crippen LogP contribution in [0.25, 0.3) is 22.2 Å². The number of rotatable bonds is 7. The first-order valence-electron chi connectivity index (χ1n) is 8.81. The summed E-state index contributed by atoms with van der Waals surface area (Å²) in [6, 6.07) is 14.5. The van der Waals surface area contributed by atoms with Gasteiger partial charge in [0.25, 0.3) is 0 Å². The normalized spacial score (nSPS) is 11.0. The smallest absolute Gasteiger partial charge is 0.220 e. The van der Waals surface area contributed by atoms with Crippen LogP contribution in [0.15, 0.2) is 48.5 Å². The van der Waals surface area contributed by atoms with Crippen LogP contribution in [0, 0.1) is 5.82 Å². The molecule has 0 aliphatic heterocycles. The van der Waals surface area contributed by atoms with Crippen molar-refractivity contribution < 1.29 is 9.18 Å². The fourth-order valence-electron chi connectivity index (χ4n) is 3.05. The number of aromatic nitrogens is 1. The SMILES string of the molecule is CCCCNC(=O)CCc1c(-c2ccc(F)cc2)[nH]c2ccccc12. The number of halogens is 1. The Morgan fingerprint density at radius 3 is 2.64 bits per heavy atom. The minimum atomic E-state index is -0.253. The summed E-state index contributed by atoms with van der Waals surface area (Å²) < 4.78 is 13.2. The Hall–Kier alpha value is -2.62. The molecule has 0 unspecified atom stereocenters. The van der Waals surface area contributed by atoms with Gasteiger partial charge in [-0.3, -0.25) is 4.79 Å². The van der Waals surface area contributed by atoms with Crippen LogP contribution in [0.3, 0.4) is 0 Å². The van der Waals surface area contributed by atoms with E-state index in [1.54, 1.807) is 12.1 Å². The zero-order chi connectivity index (χ0) is 17.6. The van der Waals surface area contributed by atoms with Gasteiger partial charge in [-0.05, 0) is 54.3 Å². The Labute approximate surface area is 147 Å². The highest BCUT2D eigenvalue weighted by molar-refractivity contribution is 5.91. The van der Waals surface area contributed by atoms with Crippen LogP contribution in [-0.2, 0) is 11.2 Å². The average Bonchev–Trinajstić information content (AvgIpc) is 2.99. The van der Waals surface area contributed by atoms with E-state index in [-0.39, 0.29) is 11.7 Å². The van der Waals surface area contributed by atoms with Crippen molar-refractivity contribution in [2.24, 2.45) is 0 Å². The lowest BCUT2D eigenvalue weighted by Crippen LogP contribution is -2.24. The maximum absolute atomic E-state index is 13.2. The molecule has 0 aliphatic carbocycles. The van der Waals surface area contributed by atoms with Crippen molar-refractivity contribution in [3.05, 3.63) is 59.9 Å². The van der Waals surface area contributed by atoms with Crippen LogP contribution >= 0.6 is 0 Å². The Bertz CT molecular complexity index is 852. The zero-order valence-corrected chi connectivity index (χ0v) is 14.4. The number of benzene rings is 2. The largest absolute Gasteiger partial charge is 0.356 e. The van der Waals surface area contributed by atoms with E-state index in [0.29, 0.717) is 12.8 Å². The van der Waals surface area contributed by atoms with E-state index in [1.165, 1.54) is 12.1 Å². The van der Waals surface area contributed by atoms with Gasteiger partial charge in [-0.25, -0.2) is 4.39 Å². The molecule has 0 radical (unpaired) electrons. The van der Waals surface area contributed by atoms with Crippen molar-refractivity contribution in [2.45, 2.75) is 32.6 Å². The van der Waals surface area contributed by atoms with Gasteiger partial charge in [-0.15, -0.1) is 0 Å². The van der Waals surface area contributed by atoms with Crippen LogP contribution < -0.4 is 5.32 Å². The highest BCUT2D eigenvalue weighted by atomic mass is 19.1. The number of aromatic amines is 1. The van der Waals surface area contributed by atoms with Gasteiger partial charge < -0.3 is 10.3 Å². The van der Waals surface area contributed by atoms with E-state index in [0.717, 1.165) is 47.1 Å². The summed E-state index contributed by atoms with van der Waals surface area (Å²) in [7, 11) is 0. The number of fused-ring (bicyclic) bond motifs is 1. The van der Waals surface area contributed by atoms with Crippen molar-refractivity contribution in [2.75, 3.05) is 6.54 Å². The number of unbranched alkanes of at least 4 members (excludes halogenated alkanes) is 1. The first-order chi connectivity index (χ1) is 12.2. The Morgan fingerprint density at radius 1 is 1.12 bits per heavy atom. The van der Waals surface area contributed by atoms with Gasteiger partial charge in [0, 0.05) is 29.6 Å². The summed E-state index contributed by atoms with van der Waals surface area (Å²) in [6.07, 6.45) is 3.16. The Morgan fingerprint density at radius 2 is 1.88 bits per heavy atom. The number of carbonyl (C=O) groups is 1. The molecule has 1 heterocycles. The third-order valence-corrected chi connectivity index (χ3v) is 4.40. The molecule has 3 nitrogen and oxygen atoms in total. The molecule has 2 N–H and O–H groups in total. The highest BCUT2D eigenvalue weighted by Crippen LogP contribution is 2.31. The third-order valence-electron chi connectivity index (χ3n) is 4.40. The van der Waals surface area contributed by atoms with Gasteiger partial charge in [-0.2, -0.15) is 0 Å². The fraction of sp³-hybridized carbons (Fsp3) is 0.286. The molecular weight excluding hydrogens is 315 g/mol. The summed E-state index contributed by atoms with van der Waals surface area (Å²) in [6.45, 7) is 2.83. The fourth-order valence-corrected chi connectivity index (χ4v) is 3.05. The average molecular weight is 338 g/mol. The van der Waals surface area contributed by atoms with E-state index >= 15 is 0 Å². The Kier molecular flexibility index (Phi) is 5.49. The van der Waals surface area contributed by atoms with Gasteiger partial charge in [0.05, 0.1) is 0 Å². The second-order valence-electron chi connectivity index (χ2n) is 6.23. The van der Waals surface area contributed by atoms with Gasteiger partial charge in [0.2, 0.25) is 5.91 Å². The number of hydrogen-bond donors (Lipinski definition) is 2. The molecule has 0 fully saturated rings. The molecule has 0 saturated heterocycles. The first-order valence-corrected chi connectivity index (χ1v) is 8.81. The predicted molar refractivity (Wildman–Crippen MR) is 99.9 cm³/mol. The van der Waals surface area contributed by atoms with Crippen LogP contribution in [0.5, 0.6) is 0 Å². The number of hydrogen-bond acceptors (Lipinski definition) is 1. The van der Waals surface area contributed by atoms with Crippen LogP contribution in [0.2, 0.25) is 0 Å². The summed E-state index contributed by atoms with van der Waals surface area (Å²) in [5.74, 6) is -0.180. The number of aryl methyl sites for hydroxylation is 1. The van der Waals surface area contributed by atoms with Crippen molar-refractivity contribution in [1.29, 1.82) is 0 Å².